The van der Waals surface area contributed by atoms with E-state index in [-0.39, 0.29) is 11.3 Å². The van der Waals surface area contributed by atoms with Gasteiger partial charge in [0.1, 0.15) is 23.6 Å². The van der Waals surface area contributed by atoms with Crippen molar-refractivity contribution in [1.82, 2.24) is 5.16 Å². The Balaban J connectivity index is 2.43. The molecule has 0 spiro atoms. The maximum absolute atomic E-state index is 12.6. The van der Waals surface area contributed by atoms with E-state index in [0.717, 1.165) is 4.90 Å². The third-order valence-electron chi connectivity index (χ3n) is 2.95. The van der Waals surface area contributed by atoms with Crippen LogP contribution in [0.3, 0.4) is 0 Å². The Morgan fingerprint density at radius 3 is 2.33 bits per heavy atom. The quantitative estimate of drug-likeness (QED) is 0.888. The van der Waals surface area contributed by atoms with Crippen molar-refractivity contribution in [2.24, 2.45) is 0 Å². The first-order valence-corrected chi connectivity index (χ1v) is 6.15. The molecule has 1 heterocycles. The summed E-state index contributed by atoms with van der Waals surface area (Å²) in [6.45, 7) is 2.69. The number of hydrogen-bond donors (Lipinski definition) is 2. The number of carbonyl (C=O) groups excluding carboxylic acids is 1. The first-order valence-electron chi connectivity index (χ1n) is 6.15. The molecule has 0 unspecified atom stereocenters. The minimum Gasteiger partial charge on any atom is -0.508 e. The summed E-state index contributed by atoms with van der Waals surface area (Å²) in [4.78, 5) is 24.7. The minimum atomic E-state index is -1.15. The monoisotopic (exact) mass is 290 g/mol. The molecule has 2 aromatic rings. The zero-order valence-corrected chi connectivity index (χ0v) is 11.5. The number of anilines is 1. The molecule has 2 rings (SSSR count). The predicted molar refractivity (Wildman–Crippen MR) is 73.4 cm³/mol. The zero-order chi connectivity index (χ0) is 15.6. The molecule has 0 aliphatic heterocycles. The number of hydrogen-bond acceptors (Lipinski definition) is 5. The number of rotatable bonds is 4. The summed E-state index contributed by atoms with van der Waals surface area (Å²) in [5, 5.41) is 22.0. The van der Waals surface area contributed by atoms with E-state index in [1.165, 1.54) is 24.3 Å². The molecule has 0 saturated heterocycles. The number of aliphatic carboxylic acids is 1. The minimum absolute atomic E-state index is 0.0267. The van der Waals surface area contributed by atoms with Gasteiger partial charge in [-0.25, -0.2) is 0 Å². The number of aromatic hydroxyl groups is 1. The molecular formula is C14H14N2O5. The van der Waals surface area contributed by atoms with Crippen LogP contribution in [0.2, 0.25) is 0 Å². The van der Waals surface area contributed by atoms with E-state index in [0.29, 0.717) is 17.1 Å². The van der Waals surface area contributed by atoms with E-state index in [1.54, 1.807) is 13.8 Å². The standard InChI is InChI=1S/C14H14N2O5/c1-8-13(9(2)21-15-8)14(20)16(7-12(18)19)10-3-5-11(17)6-4-10/h3-6,17H,7H2,1-2H3,(H,18,19). The molecule has 0 fully saturated rings. The molecule has 7 heteroatoms. The predicted octanol–water partition coefficient (Wildman–Crippen LogP) is 1.73. The Morgan fingerprint density at radius 1 is 1.24 bits per heavy atom. The van der Waals surface area contributed by atoms with E-state index in [4.69, 9.17) is 9.63 Å². The van der Waals surface area contributed by atoms with Crippen LogP contribution in [0, 0.1) is 13.8 Å². The van der Waals surface area contributed by atoms with Gasteiger partial charge in [0.05, 0.1) is 5.69 Å². The second kappa shape index (κ2) is 5.66. The summed E-state index contributed by atoms with van der Waals surface area (Å²) in [5.41, 5.74) is 0.996. The molecule has 0 bridgehead atoms. The lowest BCUT2D eigenvalue weighted by molar-refractivity contribution is -0.135. The fourth-order valence-corrected chi connectivity index (χ4v) is 1.97. The van der Waals surface area contributed by atoms with Gasteiger partial charge in [0.25, 0.3) is 5.91 Å². The normalized spacial score (nSPS) is 10.4. The van der Waals surface area contributed by atoms with Crippen molar-refractivity contribution in [1.29, 1.82) is 0 Å². The maximum atomic E-state index is 12.6. The highest BCUT2D eigenvalue weighted by Gasteiger charge is 2.26. The van der Waals surface area contributed by atoms with Crippen molar-refractivity contribution in [2.75, 3.05) is 11.4 Å². The summed E-state index contributed by atoms with van der Waals surface area (Å²) >= 11 is 0. The number of aromatic nitrogens is 1. The van der Waals surface area contributed by atoms with E-state index in [1.807, 2.05) is 0 Å². The summed E-state index contributed by atoms with van der Waals surface area (Å²) in [6, 6.07) is 5.69. The Morgan fingerprint density at radius 2 is 1.86 bits per heavy atom. The van der Waals surface area contributed by atoms with Crippen molar-refractivity contribution in [3.8, 4) is 5.75 Å². The number of carboxylic acids is 1. The Labute approximate surface area is 120 Å². The number of aryl methyl sites for hydroxylation is 2. The second-order valence-corrected chi connectivity index (χ2v) is 4.50. The summed E-state index contributed by atoms with van der Waals surface area (Å²) in [7, 11) is 0. The smallest absolute Gasteiger partial charge is 0.323 e. The average molecular weight is 290 g/mol. The van der Waals surface area contributed by atoms with Gasteiger partial charge in [-0.3, -0.25) is 14.5 Å². The molecular weight excluding hydrogens is 276 g/mol. The fourth-order valence-electron chi connectivity index (χ4n) is 1.97. The zero-order valence-electron chi connectivity index (χ0n) is 11.5. The van der Waals surface area contributed by atoms with Crippen LogP contribution in [-0.4, -0.2) is 33.8 Å². The van der Waals surface area contributed by atoms with Crippen LogP contribution in [0.25, 0.3) is 0 Å². The van der Waals surface area contributed by atoms with E-state index in [9.17, 15) is 14.7 Å². The molecule has 0 aliphatic carbocycles. The molecule has 1 aromatic heterocycles. The number of benzene rings is 1. The largest absolute Gasteiger partial charge is 0.508 e. The first-order chi connectivity index (χ1) is 9.90. The van der Waals surface area contributed by atoms with Crippen LogP contribution in [0.4, 0.5) is 5.69 Å². The van der Waals surface area contributed by atoms with Crippen LogP contribution in [0.1, 0.15) is 21.8 Å². The molecule has 0 radical (unpaired) electrons. The van der Waals surface area contributed by atoms with Gasteiger partial charge in [0, 0.05) is 5.69 Å². The van der Waals surface area contributed by atoms with Gasteiger partial charge in [0.2, 0.25) is 0 Å². The average Bonchev–Trinajstić information content (AvgIpc) is 2.76. The van der Waals surface area contributed by atoms with Gasteiger partial charge in [-0.05, 0) is 38.1 Å². The number of carbonyl (C=O) groups is 2. The van der Waals surface area contributed by atoms with Crippen LogP contribution in [-0.2, 0) is 4.79 Å². The van der Waals surface area contributed by atoms with Crippen molar-refractivity contribution in [3.05, 3.63) is 41.3 Å². The lowest BCUT2D eigenvalue weighted by Gasteiger charge is -2.20. The van der Waals surface area contributed by atoms with Crippen molar-refractivity contribution < 1.29 is 24.3 Å². The number of amides is 1. The van der Waals surface area contributed by atoms with Crippen molar-refractivity contribution in [2.45, 2.75) is 13.8 Å². The number of carboxylic acid groups (broad SMARTS) is 1. The van der Waals surface area contributed by atoms with E-state index in [2.05, 4.69) is 5.16 Å². The summed E-state index contributed by atoms with van der Waals surface area (Å²) < 4.78 is 4.94. The molecule has 7 nitrogen and oxygen atoms in total. The van der Waals surface area contributed by atoms with Crippen LogP contribution >= 0.6 is 0 Å². The maximum Gasteiger partial charge on any atom is 0.323 e. The van der Waals surface area contributed by atoms with Crippen molar-refractivity contribution >= 4 is 17.6 Å². The summed E-state index contributed by atoms with van der Waals surface area (Å²) in [5.74, 6) is -1.31. The van der Waals surface area contributed by atoms with Gasteiger partial charge in [-0.15, -0.1) is 0 Å². The van der Waals surface area contributed by atoms with E-state index >= 15 is 0 Å². The fraction of sp³-hybridized carbons (Fsp3) is 0.214. The van der Waals surface area contributed by atoms with Crippen LogP contribution in [0.15, 0.2) is 28.8 Å². The molecule has 1 amide bonds. The lowest BCUT2D eigenvalue weighted by Crippen LogP contribution is -2.36. The van der Waals surface area contributed by atoms with Gasteiger partial charge in [0.15, 0.2) is 0 Å². The van der Waals surface area contributed by atoms with Crippen LogP contribution < -0.4 is 4.90 Å². The number of nitrogens with zero attached hydrogens (tertiary/aromatic N) is 2. The Hall–Kier alpha value is -2.83. The van der Waals surface area contributed by atoms with E-state index < -0.39 is 18.4 Å². The second-order valence-electron chi connectivity index (χ2n) is 4.50. The molecule has 21 heavy (non-hydrogen) atoms. The highest BCUT2D eigenvalue weighted by molar-refractivity contribution is 6.09. The topological polar surface area (TPSA) is 104 Å². The summed E-state index contributed by atoms with van der Waals surface area (Å²) in [6.07, 6.45) is 0. The molecule has 110 valence electrons. The highest BCUT2D eigenvalue weighted by Crippen LogP contribution is 2.23. The molecule has 2 N–H and O–H groups in total. The van der Waals surface area contributed by atoms with Crippen LogP contribution in [0.5, 0.6) is 5.75 Å². The molecule has 0 atom stereocenters. The van der Waals surface area contributed by atoms with Gasteiger partial charge in [-0.2, -0.15) is 0 Å². The van der Waals surface area contributed by atoms with Gasteiger partial charge < -0.3 is 14.7 Å². The SMILES string of the molecule is Cc1noc(C)c1C(=O)N(CC(=O)O)c1ccc(O)cc1. The third kappa shape index (κ3) is 3.02. The Kier molecular flexibility index (Phi) is 3.93. The van der Waals surface area contributed by atoms with Gasteiger partial charge >= 0.3 is 5.97 Å². The first kappa shape index (κ1) is 14.6. The lowest BCUT2D eigenvalue weighted by atomic mass is 10.1. The third-order valence-corrected chi connectivity index (χ3v) is 2.95. The van der Waals surface area contributed by atoms with Crippen molar-refractivity contribution in [3.63, 3.8) is 0 Å². The Bertz CT molecular complexity index is 656. The highest BCUT2D eigenvalue weighted by atomic mass is 16.5. The van der Waals surface area contributed by atoms with Gasteiger partial charge in [-0.1, -0.05) is 5.16 Å². The molecule has 0 aliphatic rings. The number of phenolic OH excluding ortho intramolecular Hbond substituents is 1. The molecule has 1 aromatic carbocycles. The number of phenols is 1. The molecule has 0 saturated carbocycles.